The maximum absolute atomic E-state index is 13.5. The molecule has 0 saturated carbocycles. The predicted molar refractivity (Wildman–Crippen MR) is 402 cm³/mol. The van der Waals surface area contributed by atoms with E-state index in [0.29, 0.717) is 67.5 Å². The van der Waals surface area contributed by atoms with Crippen molar-refractivity contribution in [1.82, 2.24) is 25.1 Å². The van der Waals surface area contributed by atoms with E-state index in [0.717, 1.165) is 49.5 Å². The van der Waals surface area contributed by atoms with E-state index in [2.05, 4.69) is 91.3 Å². The molecule has 3 amide bonds. The maximum atomic E-state index is 13.5. The van der Waals surface area contributed by atoms with Crippen LogP contribution in [0.4, 0.5) is 38.0 Å². The molecule has 103 heavy (non-hydrogen) atoms. The Kier molecular flexibility index (Phi) is 28.9. The number of carboxylic acids is 1. The third kappa shape index (κ3) is 22.5. The summed E-state index contributed by atoms with van der Waals surface area (Å²) in [6, 6.07) is 79.4. The van der Waals surface area contributed by atoms with Gasteiger partial charge in [-0.1, -0.05) is 196 Å². The summed E-state index contributed by atoms with van der Waals surface area (Å²) in [5, 5.41) is 19.1. The van der Waals surface area contributed by atoms with Gasteiger partial charge in [0.25, 0.3) is 17.7 Å². The first kappa shape index (κ1) is 79.3. The largest absolute Gasteiger partial charge is 0.478 e. The van der Waals surface area contributed by atoms with E-state index in [4.69, 9.17) is 10.8 Å². The summed E-state index contributed by atoms with van der Waals surface area (Å²) in [5.41, 5.74) is 13.5. The second-order valence-corrected chi connectivity index (χ2v) is 23.5. The van der Waals surface area contributed by atoms with Gasteiger partial charge in [-0.05, 0) is 156 Å². The number of fused-ring (bicyclic) bond motifs is 2. The molecule has 0 aliphatic carbocycles. The van der Waals surface area contributed by atoms with Gasteiger partial charge in [0.15, 0.2) is 0 Å². The van der Waals surface area contributed by atoms with Crippen LogP contribution in [0.5, 0.6) is 0 Å². The van der Waals surface area contributed by atoms with Gasteiger partial charge < -0.3 is 31.7 Å². The van der Waals surface area contributed by atoms with E-state index >= 15 is 0 Å². The van der Waals surface area contributed by atoms with E-state index in [1.165, 1.54) is 53.1 Å². The van der Waals surface area contributed by atoms with Crippen molar-refractivity contribution in [2.24, 2.45) is 5.73 Å². The second-order valence-electron chi connectivity index (χ2n) is 23.5. The number of nitrogens with zero attached hydrogens (tertiary/aromatic N) is 4. The molecule has 0 fully saturated rings. The molecule has 10 aromatic carbocycles. The van der Waals surface area contributed by atoms with Crippen LogP contribution in [-0.4, -0.2) is 75.8 Å². The Balaban J connectivity index is 0.000000235. The van der Waals surface area contributed by atoms with E-state index in [9.17, 15) is 45.5 Å². The zero-order valence-corrected chi connectivity index (χ0v) is 58.2. The number of halogens is 8. The van der Waals surface area contributed by atoms with Crippen molar-refractivity contribution in [3.63, 3.8) is 0 Å². The van der Waals surface area contributed by atoms with Crippen molar-refractivity contribution < 1.29 is 50.6 Å². The van der Waals surface area contributed by atoms with Gasteiger partial charge >= 0.3 is 18.3 Å². The SMILES string of the molecule is CC.CN(Cc1ccccc1)C[C@@H](N)c1ccccc1.CN(Cc1ccccc1)C[C@@H](NC(=O)c1ccc2nc(NC(=O)c3ccccc3-c3ccc(C(F)(F)F)cc3)ccc2c1)c1ccccc1.Cl.Cl.O=C(O)c1ccc2nc(NC(=O)c3ccccc3-c3ccc(C(F)(F)F)cc3)ccc2c1. The van der Waals surface area contributed by atoms with Gasteiger partial charge in [-0.15, -0.1) is 24.8 Å². The highest BCUT2D eigenvalue weighted by atomic mass is 35.5. The van der Waals surface area contributed by atoms with Crippen LogP contribution in [0.2, 0.25) is 0 Å². The summed E-state index contributed by atoms with van der Waals surface area (Å²) in [5.74, 6) is -1.65. The first-order valence-corrected chi connectivity index (χ1v) is 32.4. The number of carbonyl (C=O) groups excluding carboxylic acids is 3. The minimum absolute atomic E-state index is 0. The lowest BCUT2D eigenvalue weighted by Crippen LogP contribution is -2.36. The quantitative estimate of drug-likeness (QED) is 0.0489. The number of hydrogen-bond donors (Lipinski definition) is 5. The molecule has 2 atom stereocenters. The fourth-order valence-electron chi connectivity index (χ4n) is 11.1. The number of aromatic carboxylic acids is 1. The summed E-state index contributed by atoms with van der Waals surface area (Å²) >= 11 is 0. The first-order chi connectivity index (χ1) is 48.6. The monoisotopic (exact) mass is 1440 g/mol. The minimum Gasteiger partial charge on any atom is -0.478 e. The molecule has 0 radical (unpaired) electrons. The maximum Gasteiger partial charge on any atom is 0.416 e. The van der Waals surface area contributed by atoms with Crippen molar-refractivity contribution in [2.75, 3.05) is 37.8 Å². The Morgan fingerprint density at radius 2 is 0.806 bits per heavy atom. The van der Waals surface area contributed by atoms with Crippen LogP contribution in [-0.2, 0) is 25.4 Å². The van der Waals surface area contributed by atoms with Crippen LogP contribution >= 0.6 is 24.8 Å². The van der Waals surface area contributed by atoms with Gasteiger partial charge in [0.2, 0.25) is 0 Å². The normalized spacial score (nSPS) is 11.5. The Morgan fingerprint density at radius 1 is 0.437 bits per heavy atom. The van der Waals surface area contributed by atoms with E-state index in [1.54, 1.807) is 97.1 Å². The highest BCUT2D eigenvalue weighted by Crippen LogP contribution is 2.34. The molecule has 0 bridgehead atoms. The van der Waals surface area contributed by atoms with Gasteiger partial charge in [0, 0.05) is 59.7 Å². The third-order valence-corrected chi connectivity index (χ3v) is 16.1. The molecule has 2 aromatic heterocycles. The Hall–Kier alpha value is -11.1. The first-order valence-electron chi connectivity index (χ1n) is 32.4. The molecule has 0 unspecified atom stereocenters. The van der Waals surface area contributed by atoms with E-state index < -0.39 is 41.3 Å². The predicted octanol–water partition coefficient (Wildman–Crippen LogP) is 19.3. The average Bonchev–Trinajstić information content (AvgIpc) is 0.815. The lowest BCUT2D eigenvalue weighted by molar-refractivity contribution is -0.138. The number of alkyl halides is 6. The molecule has 12 rings (SSSR count). The zero-order valence-electron chi connectivity index (χ0n) is 56.6. The van der Waals surface area contributed by atoms with Crippen LogP contribution in [0.1, 0.15) is 101 Å². The zero-order chi connectivity index (χ0) is 72.1. The van der Waals surface area contributed by atoms with Crippen molar-refractivity contribution in [2.45, 2.75) is 51.4 Å². The van der Waals surface area contributed by atoms with Crippen LogP contribution in [0.3, 0.4) is 0 Å². The number of carboxylic acid groups (broad SMARTS) is 1. The summed E-state index contributed by atoms with van der Waals surface area (Å²) in [6.45, 7) is 7.13. The molecule has 21 heteroatoms. The van der Waals surface area contributed by atoms with Crippen LogP contribution in [0, 0.1) is 0 Å². The summed E-state index contributed by atoms with van der Waals surface area (Å²) in [4.78, 5) is 64.2. The number of likely N-dealkylation sites (N-methyl/N-ethyl adjacent to an activating group) is 2. The summed E-state index contributed by atoms with van der Waals surface area (Å²) < 4.78 is 77.7. The molecule has 530 valence electrons. The minimum atomic E-state index is -4.45. The molecular weight excluding hydrogens is 1360 g/mol. The Morgan fingerprint density at radius 3 is 1.22 bits per heavy atom. The van der Waals surface area contributed by atoms with Crippen LogP contribution in [0.15, 0.2) is 279 Å². The number of nitrogens with two attached hydrogens (primary N) is 1. The van der Waals surface area contributed by atoms with Gasteiger partial charge in [-0.2, -0.15) is 26.3 Å². The smallest absolute Gasteiger partial charge is 0.416 e. The number of carbonyl (C=O) groups is 4. The number of aromatic nitrogens is 2. The lowest BCUT2D eigenvalue weighted by Gasteiger charge is -2.25. The molecule has 0 saturated heterocycles. The van der Waals surface area contributed by atoms with Gasteiger partial charge in [0.05, 0.1) is 33.8 Å². The molecule has 0 spiro atoms. The number of benzene rings is 10. The lowest BCUT2D eigenvalue weighted by atomic mass is 9.98. The molecule has 12 aromatic rings. The van der Waals surface area contributed by atoms with Crippen molar-refractivity contribution in [1.29, 1.82) is 0 Å². The van der Waals surface area contributed by atoms with Gasteiger partial charge in [0.1, 0.15) is 11.6 Å². The van der Waals surface area contributed by atoms with E-state index in [1.807, 2.05) is 93.7 Å². The molecule has 13 nitrogen and oxygen atoms in total. The van der Waals surface area contributed by atoms with Crippen molar-refractivity contribution in [3.8, 4) is 22.3 Å². The van der Waals surface area contributed by atoms with Crippen molar-refractivity contribution in [3.05, 3.63) is 335 Å². The molecule has 6 N–H and O–H groups in total. The highest BCUT2D eigenvalue weighted by molar-refractivity contribution is 6.10. The number of hydrogen-bond acceptors (Lipinski definition) is 9. The molecular formula is C82H76Cl2F6N8O5. The molecule has 0 aliphatic rings. The molecule has 0 aliphatic heterocycles. The number of pyridine rings is 2. The third-order valence-electron chi connectivity index (χ3n) is 16.1. The fourth-order valence-corrected chi connectivity index (χ4v) is 11.1. The fraction of sp³-hybridized carbons (Fsp3) is 0.146. The second kappa shape index (κ2) is 37.6. The van der Waals surface area contributed by atoms with Gasteiger partial charge in [-0.25, -0.2) is 14.8 Å². The van der Waals surface area contributed by atoms with Gasteiger partial charge in [-0.3, -0.25) is 19.3 Å². The number of anilines is 2. The summed E-state index contributed by atoms with van der Waals surface area (Å²) in [7, 11) is 4.14. The Bertz CT molecular complexity index is 4740. The summed E-state index contributed by atoms with van der Waals surface area (Å²) in [6.07, 6.45) is -8.89. The molecule has 2 heterocycles. The number of nitrogens with one attached hydrogen (secondary N) is 3. The Labute approximate surface area is 606 Å². The van der Waals surface area contributed by atoms with Crippen molar-refractivity contribution >= 4 is 81.9 Å². The average molecular weight is 1440 g/mol. The standard InChI is InChI=1S/C40H33F3N4O2.C24H15F3N2O3.C16H20N2.C2H6.2ClH/c1-47(25-27-10-4-2-5-11-27)26-36(29-12-6-3-7-13-29)45-38(48)31-18-22-35-30(24-31)19-23-37(44-35)46-39(49)34-15-9-8-14-33(34)28-16-20-32(21-17-28)40(41,42)43;25-24(26,27)17-9-5-14(6-10-17)18-3-1-2-4-19(18)22(30)29-21-12-8-15-13-16(23(31)32)7-11-20(15)28-21;1-18(12-14-8-4-2-5-9-14)13-16(17)15-10-6-3-7-11-15;1-2;;/h2-24,36H,25-26H2,1H3,(H,45,48)(H,44,46,49);1-13H,(H,31,32)(H,28,29,30);2-11,16H,12-13,17H2,1H3;1-2H3;2*1H/t36-;;16-;;;/m1.1.../s1. The number of amides is 3. The number of rotatable bonds is 19. The highest BCUT2D eigenvalue weighted by Gasteiger charge is 2.31. The topological polar surface area (TPSA) is 183 Å². The van der Waals surface area contributed by atoms with Crippen LogP contribution in [0.25, 0.3) is 44.1 Å². The van der Waals surface area contributed by atoms with E-state index in [-0.39, 0.29) is 59.7 Å². The van der Waals surface area contributed by atoms with Crippen LogP contribution < -0.4 is 21.7 Å².